The molecule has 0 radical (unpaired) electrons. The molecule has 0 aromatic heterocycles. The number of hydrogen-bond donors (Lipinski definition) is 1. The van der Waals surface area contributed by atoms with Gasteiger partial charge in [0.1, 0.15) is 11.7 Å². The Hall–Kier alpha value is -5.92. The Kier molecular flexibility index (Phi) is 18.9. The summed E-state index contributed by atoms with van der Waals surface area (Å²) in [5.74, 6) is 0.513. The molecule has 0 saturated carbocycles. The second-order valence-corrected chi connectivity index (χ2v) is 30.3. The number of rotatable bonds is 21. The number of alkyl carbamates (subject to hydrolysis) is 1. The molecule has 7 atom stereocenters. The number of likely N-dealkylation sites (tertiary alicyclic amines) is 3. The van der Waals surface area contributed by atoms with Gasteiger partial charge in [0.05, 0.1) is 23.0 Å². The first kappa shape index (κ1) is 62.1. The number of allylic oxidation sites excluding steroid dienone is 1. The van der Waals surface area contributed by atoms with E-state index in [0.29, 0.717) is 45.1 Å². The molecule has 5 aromatic rings. The van der Waals surface area contributed by atoms with Gasteiger partial charge in [0.15, 0.2) is 0 Å². The molecule has 4 fully saturated rings. The third-order valence-electron chi connectivity index (χ3n) is 19.0. The van der Waals surface area contributed by atoms with Crippen molar-refractivity contribution in [3.8, 4) is 0 Å². The SMILES string of the molecule is CN(CC(C)(CCN1CCC2C(CCN2C(=O)OC(C)(C)C)C1)c1cccc(CC2CN(CCC(C)(CN(C)S(=O)(=O)c3ccccc3)c3ccccc3)CCC23C=Cc2ccccc23)c1)S(=O)(=O)c1ccc(CNC(=O)OC2CCOC2)cc1. The molecule has 4 saturated heterocycles. The predicted molar refractivity (Wildman–Crippen MR) is 333 cm³/mol. The molecule has 85 heavy (non-hydrogen) atoms. The van der Waals surface area contributed by atoms with Crippen LogP contribution in [-0.2, 0) is 63.5 Å². The smallest absolute Gasteiger partial charge is 0.410 e. The number of benzene rings is 5. The Balaban J connectivity index is 0.896. The lowest BCUT2D eigenvalue weighted by atomic mass is 9.65. The normalized spacial score (nSPS) is 23.4. The molecule has 4 heterocycles. The van der Waals surface area contributed by atoms with E-state index in [1.807, 2.05) is 49.9 Å². The summed E-state index contributed by atoms with van der Waals surface area (Å²) in [5, 5.41) is 2.78. The van der Waals surface area contributed by atoms with E-state index in [4.69, 9.17) is 14.2 Å². The van der Waals surface area contributed by atoms with Crippen LogP contribution < -0.4 is 5.32 Å². The van der Waals surface area contributed by atoms with Crippen molar-refractivity contribution in [2.45, 2.75) is 130 Å². The van der Waals surface area contributed by atoms with Crippen LogP contribution in [0, 0.1) is 11.8 Å². The summed E-state index contributed by atoms with van der Waals surface area (Å²) in [6, 6.07) is 43.5. The van der Waals surface area contributed by atoms with E-state index in [1.165, 1.54) is 25.3 Å². The van der Waals surface area contributed by atoms with Gasteiger partial charge in [0.25, 0.3) is 0 Å². The fourth-order valence-electron chi connectivity index (χ4n) is 14.0. The number of nitrogens with zero attached hydrogens (tertiary/aromatic N) is 5. The van der Waals surface area contributed by atoms with Crippen molar-refractivity contribution >= 4 is 38.3 Å². The number of amides is 2. The number of hydrogen-bond acceptors (Lipinski definition) is 11. The monoisotopic (exact) mass is 1200 g/mol. The second kappa shape index (κ2) is 25.8. The summed E-state index contributed by atoms with van der Waals surface area (Å²) in [6.45, 7) is 17.4. The average Bonchev–Trinajstić information content (AvgIpc) is 2.38. The van der Waals surface area contributed by atoms with E-state index in [1.54, 1.807) is 62.6 Å². The summed E-state index contributed by atoms with van der Waals surface area (Å²) >= 11 is 0. The Labute approximate surface area is 505 Å². The Morgan fingerprint density at radius 3 is 1.98 bits per heavy atom. The fraction of sp³-hybridized carbons (Fsp3) is 0.500. The summed E-state index contributed by atoms with van der Waals surface area (Å²) < 4.78 is 77.0. The van der Waals surface area contributed by atoms with Crippen molar-refractivity contribution in [3.63, 3.8) is 0 Å². The molecule has 456 valence electrons. The van der Waals surface area contributed by atoms with Gasteiger partial charge in [-0.2, -0.15) is 0 Å². The number of fused-ring (bicyclic) bond motifs is 3. The molecule has 1 N–H and O–H groups in total. The summed E-state index contributed by atoms with van der Waals surface area (Å²) in [5.41, 5.74) is 4.85. The second-order valence-electron chi connectivity index (χ2n) is 26.2. The first-order valence-electron chi connectivity index (χ1n) is 30.5. The highest BCUT2D eigenvalue weighted by Crippen LogP contribution is 2.49. The maximum Gasteiger partial charge on any atom is 0.410 e. The molecule has 5 aromatic carbocycles. The highest BCUT2D eigenvalue weighted by Gasteiger charge is 2.47. The van der Waals surface area contributed by atoms with E-state index in [2.05, 4.69) is 102 Å². The van der Waals surface area contributed by atoms with Gasteiger partial charge >= 0.3 is 12.2 Å². The molecule has 17 heteroatoms. The molecule has 7 unspecified atom stereocenters. The number of ether oxygens (including phenoxy) is 3. The van der Waals surface area contributed by atoms with Gasteiger partial charge in [0, 0.05) is 88.6 Å². The molecule has 1 spiro atoms. The molecule has 5 aliphatic rings. The zero-order valence-electron chi connectivity index (χ0n) is 50.8. The maximum atomic E-state index is 14.7. The van der Waals surface area contributed by atoms with Gasteiger partial charge in [-0.3, -0.25) is 0 Å². The van der Waals surface area contributed by atoms with Crippen LogP contribution in [0.1, 0.15) is 107 Å². The largest absolute Gasteiger partial charge is 0.444 e. The van der Waals surface area contributed by atoms with Crippen LogP contribution >= 0.6 is 0 Å². The number of sulfonamides is 2. The van der Waals surface area contributed by atoms with Gasteiger partial charge in [-0.15, -0.1) is 0 Å². The number of piperidine rings is 2. The van der Waals surface area contributed by atoms with Crippen molar-refractivity contribution in [2.75, 3.05) is 86.2 Å². The highest BCUT2D eigenvalue weighted by atomic mass is 32.2. The Bertz CT molecular complexity index is 3380. The lowest BCUT2D eigenvalue weighted by Crippen LogP contribution is -2.50. The van der Waals surface area contributed by atoms with Gasteiger partial charge in [-0.05, 0) is 148 Å². The van der Waals surface area contributed by atoms with Gasteiger partial charge in [-0.25, -0.2) is 35.0 Å². The molecular formula is C68H88N6O9S2. The maximum absolute atomic E-state index is 14.7. The van der Waals surface area contributed by atoms with Crippen LogP contribution in [0.25, 0.3) is 6.08 Å². The quantitative estimate of drug-likeness (QED) is 0.0745. The van der Waals surface area contributed by atoms with Crippen LogP contribution in [0.4, 0.5) is 9.59 Å². The van der Waals surface area contributed by atoms with Crippen LogP contribution in [0.5, 0.6) is 0 Å². The topological polar surface area (TPSA) is 158 Å². The standard InChI is InChI=1S/C68H88N6O9S2/c1-65(2,3)83-64(76)74-38-30-54-46-72(37-31-62(54)74)39-35-67(5,50-71(7)85(79,80)60-27-25-51(26-28-60)45-69-63(75)82-58-32-42-81-48-58)56-21-16-17-52(43-56)44-57-47-73(41-36-68(57)33-29-53-18-14-15-24-61(53)68)40-34-66(4,55-19-10-8-11-20-55)49-70(6)84(77,78)59-22-12-9-13-23-59/h8-29,33,43,54,57-58,62H,30-32,34-42,44-50H2,1-7H3,(H,69,75). The summed E-state index contributed by atoms with van der Waals surface area (Å²) in [4.78, 5) is 33.3. The molecule has 15 nitrogen and oxygen atoms in total. The molecular weight excluding hydrogens is 1110 g/mol. The van der Waals surface area contributed by atoms with Gasteiger partial charge in [0.2, 0.25) is 20.0 Å². The van der Waals surface area contributed by atoms with Crippen molar-refractivity contribution < 1.29 is 40.6 Å². The van der Waals surface area contributed by atoms with Crippen LogP contribution in [0.2, 0.25) is 0 Å². The van der Waals surface area contributed by atoms with E-state index < -0.39 is 42.6 Å². The first-order valence-corrected chi connectivity index (χ1v) is 33.4. The van der Waals surface area contributed by atoms with Crippen LogP contribution in [0.15, 0.2) is 149 Å². The first-order chi connectivity index (χ1) is 40.5. The van der Waals surface area contributed by atoms with Crippen molar-refractivity contribution in [3.05, 3.63) is 173 Å². The number of likely N-dealkylation sites (N-methyl/N-ethyl adjacent to an activating group) is 2. The summed E-state index contributed by atoms with van der Waals surface area (Å²) in [7, 11) is -4.33. The van der Waals surface area contributed by atoms with Gasteiger partial charge in [-0.1, -0.05) is 135 Å². The lowest BCUT2D eigenvalue weighted by Gasteiger charge is -2.47. The zero-order chi connectivity index (χ0) is 60.2. The van der Waals surface area contributed by atoms with E-state index in [-0.39, 0.29) is 52.5 Å². The Morgan fingerprint density at radius 2 is 1.31 bits per heavy atom. The van der Waals surface area contributed by atoms with Crippen molar-refractivity contribution in [2.24, 2.45) is 11.8 Å². The number of carbonyl (C=O) groups excluding carboxylic acids is 2. The summed E-state index contributed by atoms with van der Waals surface area (Å²) in [6.07, 6.45) is 9.29. The molecule has 4 aliphatic heterocycles. The molecule has 0 bridgehead atoms. The third-order valence-corrected chi connectivity index (χ3v) is 22.6. The van der Waals surface area contributed by atoms with E-state index >= 15 is 0 Å². The van der Waals surface area contributed by atoms with Gasteiger partial charge < -0.3 is 34.2 Å². The predicted octanol–water partition coefficient (Wildman–Crippen LogP) is 10.5. The van der Waals surface area contributed by atoms with E-state index in [0.717, 1.165) is 88.1 Å². The van der Waals surface area contributed by atoms with Crippen LogP contribution in [-0.4, -0.2) is 156 Å². The highest BCUT2D eigenvalue weighted by molar-refractivity contribution is 7.89. The minimum Gasteiger partial charge on any atom is -0.444 e. The number of nitrogens with one attached hydrogen (secondary N) is 1. The molecule has 10 rings (SSSR count). The average molecular weight is 1200 g/mol. The Morgan fingerprint density at radius 1 is 0.682 bits per heavy atom. The number of carbonyl (C=O) groups is 2. The third kappa shape index (κ3) is 14.3. The minimum absolute atomic E-state index is 0.132. The zero-order valence-corrected chi connectivity index (χ0v) is 52.5. The van der Waals surface area contributed by atoms with Crippen molar-refractivity contribution in [1.29, 1.82) is 0 Å². The lowest BCUT2D eigenvalue weighted by molar-refractivity contribution is 0.0139. The molecule has 1 aliphatic carbocycles. The van der Waals surface area contributed by atoms with Crippen LogP contribution in [0.3, 0.4) is 0 Å². The van der Waals surface area contributed by atoms with E-state index in [9.17, 15) is 26.4 Å². The molecule has 2 amide bonds. The minimum atomic E-state index is -3.97. The van der Waals surface area contributed by atoms with Crippen molar-refractivity contribution in [1.82, 2.24) is 28.6 Å². The fourth-order valence-corrected chi connectivity index (χ4v) is 16.6.